The van der Waals surface area contributed by atoms with E-state index in [2.05, 4.69) is 148 Å². The maximum absolute atomic E-state index is 2.50. The van der Waals surface area contributed by atoms with E-state index in [1.165, 1.54) is 57.8 Å². The number of hydrogen-bond donors (Lipinski definition) is 0. The van der Waals surface area contributed by atoms with Crippen molar-refractivity contribution in [2.45, 2.75) is 87.5 Å². The summed E-state index contributed by atoms with van der Waals surface area (Å²) in [5.74, 6) is 0. The Morgan fingerprint density at radius 1 is 0.463 bits per heavy atom. The molecule has 0 spiro atoms. The largest absolute Gasteiger partial charge is 0.341 e. The van der Waals surface area contributed by atoms with E-state index in [4.69, 9.17) is 0 Å². The van der Waals surface area contributed by atoms with Crippen molar-refractivity contribution < 1.29 is 0 Å². The predicted octanol–water partition coefficient (Wildman–Crippen LogP) is 11.7. The fraction of sp³-hybridized carbons (Fsp3) is 0.385. The molecule has 41 heavy (non-hydrogen) atoms. The summed E-state index contributed by atoms with van der Waals surface area (Å²) in [6.45, 7) is 15.9. The van der Waals surface area contributed by atoms with Gasteiger partial charge in [0.2, 0.25) is 0 Å². The normalized spacial score (nSPS) is 14.7. The van der Waals surface area contributed by atoms with E-state index in [9.17, 15) is 0 Å². The van der Waals surface area contributed by atoms with Crippen LogP contribution in [0.25, 0.3) is 0 Å². The Balaban J connectivity index is 0.000000268. The van der Waals surface area contributed by atoms with Gasteiger partial charge in [0.05, 0.1) is 0 Å². The average molecular weight is 551 g/mol. The number of rotatable bonds is 4. The first kappa shape index (κ1) is 33.7. The minimum absolute atomic E-state index is 0. The molecule has 2 aliphatic rings. The highest BCUT2D eigenvalue weighted by atomic mass is 15.2. The third-order valence-corrected chi connectivity index (χ3v) is 8.52. The lowest BCUT2D eigenvalue weighted by atomic mass is 9.73. The standard InChI is InChI=1S/C19H23N.C17H19N.3CH4/c1-4-5-14-20-17-12-8-6-10-15(17)19(2,3)16-11-7-9-13-18(16)20;1-4-18-15-11-7-5-9-13(15)17(2,3)14-10-6-8-12-16(14)18;;;/h6-13H,4-5,14H2,1-3H3;5-12H,4H2,1-3H3;3*1H4. The first-order valence-electron chi connectivity index (χ1n) is 14.3. The van der Waals surface area contributed by atoms with Crippen LogP contribution in [0.15, 0.2) is 97.1 Å². The molecule has 0 radical (unpaired) electrons. The topological polar surface area (TPSA) is 6.48 Å². The second-order valence-electron chi connectivity index (χ2n) is 11.6. The Bertz CT molecular complexity index is 1320. The first-order chi connectivity index (χ1) is 18.3. The molecule has 2 heterocycles. The van der Waals surface area contributed by atoms with Gasteiger partial charge in [-0.3, -0.25) is 0 Å². The summed E-state index contributed by atoms with van der Waals surface area (Å²) in [4.78, 5) is 4.91. The highest BCUT2D eigenvalue weighted by molar-refractivity contribution is 5.78. The summed E-state index contributed by atoms with van der Waals surface area (Å²) in [6, 6.07) is 35.2. The number of benzene rings is 4. The molecule has 0 atom stereocenters. The summed E-state index contributed by atoms with van der Waals surface area (Å²) < 4.78 is 0. The summed E-state index contributed by atoms with van der Waals surface area (Å²) in [6.07, 6.45) is 2.45. The van der Waals surface area contributed by atoms with Crippen molar-refractivity contribution >= 4 is 22.7 Å². The van der Waals surface area contributed by atoms with Crippen molar-refractivity contribution in [2.24, 2.45) is 0 Å². The molecule has 0 saturated heterocycles. The van der Waals surface area contributed by atoms with Crippen LogP contribution in [0.4, 0.5) is 22.7 Å². The molecule has 0 aromatic heterocycles. The summed E-state index contributed by atoms with van der Waals surface area (Å²) in [7, 11) is 0. The molecule has 0 aliphatic carbocycles. The van der Waals surface area contributed by atoms with E-state index >= 15 is 0 Å². The van der Waals surface area contributed by atoms with Gasteiger partial charge in [0.15, 0.2) is 0 Å². The summed E-state index contributed by atoms with van der Waals surface area (Å²) >= 11 is 0. The summed E-state index contributed by atoms with van der Waals surface area (Å²) in [5, 5.41) is 0. The number of nitrogens with zero attached hydrogens (tertiary/aromatic N) is 2. The maximum atomic E-state index is 2.50. The number of hydrogen-bond acceptors (Lipinski definition) is 2. The van der Waals surface area contributed by atoms with Crippen molar-refractivity contribution in [3.63, 3.8) is 0 Å². The monoisotopic (exact) mass is 550 g/mol. The fourth-order valence-corrected chi connectivity index (χ4v) is 6.40. The Kier molecular flexibility index (Phi) is 11.0. The SMILES string of the molecule is C.C.C.CCCCN1c2ccccc2C(C)(C)c2ccccc21.CCN1c2ccccc2C(C)(C)c2ccccc21. The maximum Gasteiger partial charge on any atom is 0.0452 e. The molecule has 220 valence electrons. The second-order valence-corrected chi connectivity index (χ2v) is 11.6. The van der Waals surface area contributed by atoms with E-state index in [-0.39, 0.29) is 33.1 Å². The van der Waals surface area contributed by atoms with E-state index in [1.54, 1.807) is 0 Å². The Hall–Kier alpha value is -3.52. The number of anilines is 4. The van der Waals surface area contributed by atoms with Crippen molar-refractivity contribution in [3.05, 3.63) is 119 Å². The van der Waals surface area contributed by atoms with Crippen molar-refractivity contribution in [1.29, 1.82) is 0 Å². The quantitative estimate of drug-likeness (QED) is 0.249. The van der Waals surface area contributed by atoms with Crippen molar-refractivity contribution in [1.82, 2.24) is 0 Å². The van der Waals surface area contributed by atoms with Gasteiger partial charge in [-0.15, -0.1) is 0 Å². The molecule has 2 aliphatic heterocycles. The van der Waals surface area contributed by atoms with Crippen LogP contribution in [0.5, 0.6) is 0 Å². The number of para-hydroxylation sites is 4. The molecule has 0 amide bonds. The van der Waals surface area contributed by atoms with Gasteiger partial charge < -0.3 is 9.80 Å². The molecule has 4 aromatic carbocycles. The minimum Gasteiger partial charge on any atom is -0.341 e. The summed E-state index contributed by atoms with van der Waals surface area (Å²) in [5.41, 5.74) is 11.3. The fourth-order valence-electron chi connectivity index (χ4n) is 6.40. The van der Waals surface area contributed by atoms with Crippen LogP contribution in [0.3, 0.4) is 0 Å². The molecule has 6 rings (SSSR count). The number of unbranched alkanes of at least 4 members (excludes halogenated alkanes) is 1. The van der Waals surface area contributed by atoms with E-state index in [0.717, 1.165) is 13.1 Å². The highest BCUT2D eigenvalue weighted by Crippen LogP contribution is 2.49. The van der Waals surface area contributed by atoms with Gasteiger partial charge >= 0.3 is 0 Å². The van der Waals surface area contributed by atoms with Crippen LogP contribution >= 0.6 is 0 Å². The zero-order valence-corrected chi connectivity index (χ0v) is 24.0. The Morgan fingerprint density at radius 2 is 0.756 bits per heavy atom. The van der Waals surface area contributed by atoms with Crippen molar-refractivity contribution in [2.75, 3.05) is 22.9 Å². The molecule has 2 nitrogen and oxygen atoms in total. The molecular weight excluding hydrogens is 496 g/mol. The van der Waals surface area contributed by atoms with Crippen LogP contribution in [-0.4, -0.2) is 13.1 Å². The minimum atomic E-state index is 0. The van der Waals surface area contributed by atoms with Gasteiger partial charge in [0.1, 0.15) is 0 Å². The Morgan fingerprint density at radius 3 is 1.05 bits per heavy atom. The third kappa shape index (κ3) is 5.80. The zero-order valence-electron chi connectivity index (χ0n) is 24.0. The van der Waals surface area contributed by atoms with Gasteiger partial charge in [-0.2, -0.15) is 0 Å². The molecule has 0 N–H and O–H groups in total. The van der Waals surface area contributed by atoms with Gasteiger partial charge in [-0.05, 0) is 59.9 Å². The molecule has 0 unspecified atom stereocenters. The van der Waals surface area contributed by atoms with Crippen molar-refractivity contribution in [3.8, 4) is 0 Å². The zero-order chi connectivity index (χ0) is 26.9. The van der Waals surface area contributed by atoms with Crippen LogP contribution in [0.1, 0.15) is 98.9 Å². The van der Waals surface area contributed by atoms with Crippen LogP contribution in [-0.2, 0) is 10.8 Å². The van der Waals surface area contributed by atoms with Gasteiger partial charge in [0, 0.05) is 46.7 Å². The molecule has 0 saturated carbocycles. The van der Waals surface area contributed by atoms with Gasteiger partial charge in [-0.1, -0.05) is 136 Å². The third-order valence-electron chi connectivity index (χ3n) is 8.52. The van der Waals surface area contributed by atoms with E-state index in [0.29, 0.717) is 0 Å². The molecule has 4 aromatic rings. The van der Waals surface area contributed by atoms with E-state index in [1.807, 2.05) is 0 Å². The molecule has 0 bridgehead atoms. The Labute approximate surface area is 252 Å². The second kappa shape index (κ2) is 13.4. The molecule has 0 fully saturated rings. The predicted molar refractivity (Wildman–Crippen MR) is 185 cm³/mol. The van der Waals surface area contributed by atoms with Crippen LogP contribution in [0.2, 0.25) is 0 Å². The van der Waals surface area contributed by atoms with E-state index < -0.39 is 0 Å². The number of fused-ring (bicyclic) bond motifs is 4. The molecular formula is C39H54N2. The lowest BCUT2D eigenvalue weighted by Gasteiger charge is -2.42. The average Bonchev–Trinajstić information content (AvgIpc) is 2.94. The lowest BCUT2D eigenvalue weighted by Crippen LogP contribution is -2.33. The van der Waals surface area contributed by atoms with Gasteiger partial charge in [0.25, 0.3) is 0 Å². The first-order valence-corrected chi connectivity index (χ1v) is 14.3. The lowest BCUT2D eigenvalue weighted by molar-refractivity contribution is 0.620. The smallest absolute Gasteiger partial charge is 0.0452 e. The van der Waals surface area contributed by atoms with Crippen LogP contribution in [0, 0.1) is 0 Å². The van der Waals surface area contributed by atoms with Gasteiger partial charge in [-0.25, -0.2) is 0 Å². The molecule has 2 heteroatoms. The van der Waals surface area contributed by atoms with Crippen LogP contribution < -0.4 is 9.80 Å². The highest BCUT2D eigenvalue weighted by Gasteiger charge is 2.36.